The number of halogens is 4. The predicted molar refractivity (Wildman–Crippen MR) is 105 cm³/mol. The zero-order valence-electron chi connectivity index (χ0n) is 16.0. The summed E-state index contributed by atoms with van der Waals surface area (Å²) in [5.41, 5.74) is 0.328. The fourth-order valence-electron chi connectivity index (χ4n) is 3.23. The van der Waals surface area contributed by atoms with Crippen LogP contribution in [0.15, 0.2) is 41.3 Å². The maximum absolute atomic E-state index is 13.4. The number of alkyl halides is 3. The topological polar surface area (TPSA) is 94.8 Å². The van der Waals surface area contributed by atoms with Crippen LogP contribution in [0.1, 0.15) is 11.3 Å². The van der Waals surface area contributed by atoms with Gasteiger partial charge in [-0.25, -0.2) is 12.4 Å². The Kier molecular flexibility index (Phi) is 5.85. The molecule has 0 aliphatic carbocycles. The lowest BCUT2D eigenvalue weighted by Gasteiger charge is -2.13. The molecule has 0 aliphatic heterocycles. The van der Waals surface area contributed by atoms with Crippen molar-refractivity contribution in [2.75, 3.05) is 7.11 Å². The van der Waals surface area contributed by atoms with Gasteiger partial charge < -0.3 is 14.6 Å². The monoisotopic (exact) mass is 477 g/mol. The molecule has 0 unspecified atom stereocenters. The molecule has 0 spiro atoms. The van der Waals surface area contributed by atoms with E-state index in [1.165, 1.54) is 26.2 Å². The third-order valence-corrected chi connectivity index (χ3v) is 6.56. The number of hydrogen-bond donors (Lipinski definition) is 1. The van der Waals surface area contributed by atoms with Gasteiger partial charge in [-0.2, -0.15) is 0 Å². The van der Waals surface area contributed by atoms with Gasteiger partial charge in [0.1, 0.15) is 11.5 Å². The summed E-state index contributed by atoms with van der Waals surface area (Å²) in [4.78, 5) is 10.9. The van der Waals surface area contributed by atoms with E-state index >= 15 is 0 Å². The van der Waals surface area contributed by atoms with Gasteiger partial charge >= 0.3 is 12.3 Å². The van der Waals surface area contributed by atoms with Crippen LogP contribution in [0.5, 0.6) is 11.5 Å². The average Bonchev–Trinajstić information content (AvgIpc) is 2.90. The largest absolute Gasteiger partial charge is 0.573 e. The van der Waals surface area contributed by atoms with Gasteiger partial charge in [-0.1, -0.05) is 17.7 Å². The predicted octanol–water partition coefficient (Wildman–Crippen LogP) is 4.37. The normalized spacial score (nSPS) is 12.2. The lowest BCUT2D eigenvalue weighted by Crippen LogP contribution is -2.18. The number of aromatic nitrogens is 1. The van der Waals surface area contributed by atoms with E-state index in [9.17, 15) is 31.5 Å². The number of hydrogen-bond acceptors (Lipinski definition) is 5. The van der Waals surface area contributed by atoms with Crippen LogP contribution in [0, 0.1) is 6.92 Å². The van der Waals surface area contributed by atoms with Gasteiger partial charge in [0.05, 0.1) is 29.0 Å². The Morgan fingerprint density at radius 1 is 1.23 bits per heavy atom. The zero-order valence-corrected chi connectivity index (χ0v) is 17.6. The summed E-state index contributed by atoms with van der Waals surface area (Å²) in [6, 6.07) is 6.61. The highest BCUT2D eigenvalue weighted by Crippen LogP contribution is 2.37. The summed E-state index contributed by atoms with van der Waals surface area (Å²) < 4.78 is 74.1. The number of carboxylic acid groups (broad SMARTS) is 1. The summed E-state index contributed by atoms with van der Waals surface area (Å²) >= 11 is 6.14. The van der Waals surface area contributed by atoms with Gasteiger partial charge in [-0.3, -0.25) is 4.79 Å². The molecular weight excluding hydrogens is 463 g/mol. The van der Waals surface area contributed by atoms with Crippen molar-refractivity contribution in [1.82, 2.24) is 3.97 Å². The molecule has 2 aromatic carbocycles. The first-order chi connectivity index (χ1) is 14.3. The van der Waals surface area contributed by atoms with E-state index in [1.54, 1.807) is 0 Å². The van der Waals surface area contributed by atoms with Gasteiger partial charge in [-0.15, -0.1) is 13.2 Å². The van der Waals surface area contributed by atoms with Gasteiger partial charge in [0.15, 0.2) is 0 Å². The third-order valence-electron chi connectivity index (χ3n) is 4.46. The fourth-order valence-corrected chi connectivity index (χ4v) is 5.07. The maximum Gasteiger partial charge on any atom is 0.573 e. The van der Waals surface area contributed by atoms with Crippen LogP contribution in [-0.4, -0.2) is 36.9 Å². The van der Waals surface area contributed by atoms with Gasteiger partial charge in [-0.05, 0) is 36.8 Å². The lowest BCUT2D eigenvalue weighted by molar-refractivity contribution is -0.274. The molecule has 12 heteroatoms. The summed E-state index contributed by atoms with van der Waals surface area (Å²) in [6.45, 7) is 1.40. The molecule has 0 amide bonds. The Bertz CT molecular complexity index is 1280. The Morgan fingerprint density at radius 3 is 2.48 bits per heavy atom. The minimum Gasteiger partial charge on any atom is -0.495 e. The van der Waals surface area contributed by atoms with Crippen LogP contribution in [0.2, 0.25) is 5.02 Å². The van der Waals surface area contributed by atoms with Crippen molar-refractivity contribution in [2.24, 2.45) is 0 Å². The summed E-state index contributed by atoms with van der Waals surface area (Å²) in [5.74, 6) is -1.71. The molecule has 0 saturated carbocycles. The quantitative estimate of drug-likeness (QED) is 0.566. The van der Waals surface area contributed by atoms with Crippen LogP contribution in [0.25, 0.3) is 10.9 Å². The molecule has 166 valence electrons. The second kappa shape index (κ2) is 7.97. The highest BCUT2D eigenvalue weighted by molar-refractivity contribution is 7.90. The SMILES string of the molecule is COc1cc2c(CC(=O)O)c(C)n(S(=O)(=O)c3cccc(OC(F)(F)F)c3)c2cc1Cl. The molecule has 31 heavy (non-hydrogen) atoms. The number of carboxylic acids is 1. The highest BCUT2D eigenvalue weighted by Gasteiger charge is 2.32. The van der Waals surface area contributed by atoms with E-state index in [2.05, 4.69) is 4.74 Å². The van der Waals surface area contributed by atoms with Gasteiger partial charge in [0.25, 0.3) is 10.0 Å². The molecule has 3 aromatic rings. The van der Waals surface area contributed by atoms with E-state index in [0.29, 0.717) is 0 Å². The average molecular weight is 478 g/mol. The summed E-state index contributed by atoms with van der Waals surface area (Å²) in [6.07, 6.45) is -5.50. The number of carbonyl (C=O) groups is 1. The third kappa shape index (κ3) is 4.42. The van der Waals surface area contributed by atoms with Crippen molar-refractivity contribution in [3.8, 4) is 11.5 Å². The molecule has 1 heterocycles. The van der Waals surface area contributed by atoms with Crippen LogP contribution in [0.4, 0.5) is 13.2 Å². The van der Waals surface area contributed by atoms with Crippen LogP contribution >= 0.6 is 11.6 Å². The van der Waals surface area contributed by atoms with Crippen molar-refractivity contribution < 1.29 is 41.0 Å². The van der Waals surface area contributed by atoms with Crippen molar-refractivity contribution in [1.29, 1.82) is 0 Å². The van der Waals surface area contributed by atoms with E-state index in [4.69, 9.17) is 16.3 Å². The van der Waals surface area contributed by atoms with Gasteiger partial charge in [0.2, 0.25) is 0 Å². The zero-order chi connectivity index (χ0) is 23.1. The van der Waals surface area contributed by atoms with Crippen molar-refractivity contribution in [3.05, 3.63) is 52.7 Å². The molecule has 7 nitrogen and oxygen atoms in total. The molecule has 0 radical (unpaired) electrons. The van der Waals surface area contributed by atoms with Crippen molar-refractivity contribution >= 4 is 38.5 Å². The molecule has 1 N–H and O–H groups in total. The first-order valence-electron chi connectivity index (χ1n) is 8.55. The number of fused-ring (bicyclic) bond motifs is 1. The number of methoxy groups -OCH3 is 1. The number of nitrogens with zero attached hydrogens (tertiary/aromatic N) is 1. The number of rotatable bonds is 6. The van der Waals surface area contributed by atoms with Crippen LogP contribution in [-0.2, 0) is 21.2 Å². The first kappa shape index (κ1) is 22.8. The van der Waals surface area contributed by atoms with E-state index < -0.39 is 39.4 Å². The smallest absolute Gasteiger partial charge is 0.495 e. The van der Waals surface area contributed by atoms with E-state index in [0.717, 1.165) is 28.2 Å². The Morgan fingerprint density at radius 2 is 1.90 bits per heavy atom. The first-order valence-corrected chi connectivity index (χ1v) is 10.4. The number of benzene rings is 2. The van der Waals surface area contributed by atoms with Crippen LogP contribution < -0.4 is 9.47 Å². The molecular formula is C19H15ClF3NO6S. The molecule has 3 rings (SSSR count). The minimum atomic E-state index is -5.00. The second-order valence-corrected chi connectivity index (χ2v) is 8.62. The fraction of sp³-hybridized carbons (Fsp3) is 0.211. The minimum absolute atomic E-state index is 0.0571. The molecule has 1 aromatic heterocycles. The number of ether oxygens (including phenoxy) is 2. The molecule has 0 fully saturated rings. The van der Waals surface area contributed by atoms with Crippen molar-refractivity contribution in [2.45, 2.75) is 24.6 Å². The molecule has 0 saturated heterocycles. The summed E-state index contributed by atoms with van der Waals surface area (Å²) in [7, 11) is -3.10. The molecule has 0 aliphatic rings. The van der Waals surface area contributed by atoms with Crippen molar-refractivity contribution in [3.63, 3.8) is 0 Å². The number of aliphatic carboxylic acids is 1. The summed E-state index contributed by atoms with van der Waals surface area (Å²) in [5, 5.41) is 9.61. The Balaban J connectivity index is 2.29. The van der Waals surface area contributed by atoms with Gasteiger partial charge in [0, 0.05) is 17.1 Å². The highest BCUT2D eigenvalue weighted by atomic mass is 35.5. The van der Waals surface area contributed by atoms with E-state index in [-0.39, 0.29) is 32.9 Å². The second-order valence-electron chi connectivity index (χ2n) is 6.43. The van der Waals surface area contributed by atoms with Crippen LogP contribution in [0.3, 0.4) is 0 Å². The molecule has 0 bridgehead atoms. The molecule has 0 atom stereocenters. The Hall–Kier alpha value is -2.92. The Labute approximate surface area is 179 Å². The standard InChI is InChI=1S/C19H15ClF3NO6S/c1-10-13(8-18(25)26)14-7-17(29-2)15(20)9-16(14)24(10)31(27,28)12-5-3-4-11(6-12)30-19(21,22)23/h3-7,9H,8H2,1-2H3,(H,25,26). The van der Waals surface area contributed by atoms with E-state index in [1.807, 2.05) is 0 Å². The lowest BCUT2D eigenvalue weighted by atomic mass is 10.1. The maximum atomic E-state index is 13.4.